The number of hydrogen-bond donors (Lipinski definition) is 1. The first-order valence-corrected chi connectivity index (χ1v) is 8.42. The molecule has 0 saturated carbocycles. The molecule has 0 amide bonds. The van der Waals surface area contributed by atoms with Crippen LogP contribution in [-0.4, -0.2) is 48.1 Å². The van der Waals surface area contributed by atoms with E-state index < -0.39 is 0 Å². The van der Waals surface area contributed by atoms with E-state index in [0.29, 0.717) is 0 Å². The minimum Gasteiger partial charge on any atom is -0.317 e. The van der Waals surface area contributed by atoms with E-state index in [1.54, 1.807) is 0 Å². The van der Waals surface area contributed by atoms with Crippen LogP contribution in [0.25, 0.3) is 0 Å². The van der Waals surface area contributed by atoms with Gasteiger partial charge in [-0.15, -0.1) is 0 Å². The van der Waals surface area contributed by atoms with Crippen molar-refractivity contribution in [3.8, 4) is 0 Å². The van der Waals surface area contributed by atoms with Crippen molar-refractivity contribution in [1.29, 1.82) is 0 Å². The van der Waals surface area contributed by atoms with E-state index in [1.807, 2.05) is 0 Å². The fourth-order valence-corrected chi connectivity index (χ4v) is 4.56. The van der Waals surface area contributed by atoms with Crippen molar-refractivity contribution in [3.05, 3.63) is 0 Å². The molecule has 2 rings (SSSR count). The molecule has 2 fully saturated rings. The second kappa shape index (κ2) is 7.01. The summed E-state index contributed by atoms with van der Waals surface area (Å²) in [5, 5.41) is 4.33. The van der Waals surface area contributed by atoms with Gasteiger partial charge in [0.15, 0.2) is 0 Å². The first-order chi connectivity index (χ1) is 8.31. The molecule has 0 aromatic rings. The summed E-state index contributed by atoms with van der Waals surface area (Å²) in [5.41, 5.74) is 0. The van der Waals surface area contributed by atoms with E-state index in [-0.39, 0.29) is 0 Å². The van der Waals surface area contributed by atoms with Crippen molar-refractivity contribution in [2.45, 2.75) is 50.8 Å². The molecule has 2 aliphatic heterocycles. The molecule has 3 heteroatoms. The maximum atomic E-state index is 3.48. The van der Waals surface area contributed by atoms with E-state index in [4.69, 9.17) is 0 Å². The molecular formula is C14H28N2S. The molecule has 2 aliphatic rings. The van der Waals surface area contributed by atoms with Crippen LogP contribution in [0.5, 0.6) is 0 Å². The van der Waals surface area contributed by atoms with Crippen molar-refractivity contribution in [2.75, 3.05) is 31.9 Å². The van der Waals surface area contributed by atoms with Crippen LogP contribution in [0.1, 0.15) is 39.5 Å². The Labute approximate surface area is 111 Å². The van der Waals surface area contributed by atoms with E-state index in [2.05, 4.69) is 35.8 Å². The van der Waals surface area contributed by atoms with Gasteiger partial charge in [0, 0.05) is 17.8 Å². The molecule has 2 atom stereocenters. The number of hydrogen-bond acceptors (Lipinski definition) is 3. The van der Waals surface area contributed by atoms with Gasteiger partial charge in [-0.2, -0.15) is 11.8 Å². The summed E-state index contributed by atoms with van der Waals surface area (Å²) in [5.74, 6) is 2.32. The lowest BCUT2D eigenvalue weighted by Crippen LogP contribution is -2.44. The Morgan fingerprint density at radius 3 is 2.59 bits per heavy atom. The summed E-state index contributed by atoms with van der Waals surface area (Å²) in [6.07, 6.45) is 5.48. The second-order valence-electron chi connectivity index (χ2n) is 5.62. The molecule has 17 heavy (non-hydrogen) atoms. The Hall–Kier alpha value is 0.270. The minimum atomic E-state index is 0.850. The van der Waals surface area contributed by atoms with E-state index in [1.165, 1.54) is 57.6 Å². The van der Waals surface area contributed by atoms with Crippen LogP contribution in [0.4, 0.5) is 0 Å². The normalized spacial score (nSPS) is 31.2. The molecule has 0 spiro atoms. The van der Waals surface area contributed by atoms with Gasteiger partial charge in [0.05, 0.1) is 0 Å². The number of nitrogens with zero attached hydrogens (tertiary/aromatic N) is 1. The third-order valence-corrected chi connectivity index (χ3v) is 5.58. The molecule has 0 aromatic carbocycles. The molecule has 2 saturated heterocycles. The lowest BCUT2D eigenvalue weighted by Gasteiger charge is -2.35. The average molecular weight is 256 g/mol. The molecule has 2 heterocycles. The van der Waals surface area contributed by atoms with Gasteiger partial charge < -0.3 is 5.32 Å². The molecule has 0 bridgehead atoms. The zero-order valence-electron chi connectivity index (χ0n) is 11.5. The number of rotatable bonds is 5. The molecule has 100 valence electrons. The topological polar surface area (TPSA) is 15.3 Å². The number of thioether (sulfide) groups is 1. The van der Waals surface area contributed by atoms with E-state index in [9.17, 15) is 0 Å². The maximum Gasteiger partial charge on any atom is 0.0219 e. The fraction of sp³-hybridized carbons (Fsp3) is 1.00. The third kappa shape index (κ3) is 3.87. The third-order valence-electron chi connectivity index (χ3n) is 4.27. The Bertz CT molecular complexity index is 216. The number of piperidine rings is 1. The van der Waals surface area contributed by atoms with Crippen LogP contribution < -0.4 is 5.32 Å². The summed E-state index contributed by atoms with van der Waals surface area (Å²) >= 11 is 2.17. The maximum absolute atomic E-state index is 3.48. The van der Waals surface area contributed by atoms with Crippen LogP contribution in [0.15, 0.2) is 0 Å². The van der Waals surface area contributed by atoms with Gasteiger partial charge in [-0.1, -0.05) is 13.8 Å². The SMILES string of the molecule is CCCN(CC1CCNCC1)C1CCSC1C. The minimum absolute atomic E-state index is 0.850. The standard InChI is InChI=1S/C14H28N2S/c1-3-9-16(14-6-10-17-12(14)2)11-13-4-7-15-8-5-13/h12-15H,3-11H2,1-2H3. The highest BCUT2D eigenvalue weighted by molar-refractivity contribution is 8.00. The highest BCUT2D eigenvalue weighted by Crippen LogP contribution is 2.31. The largest absolute Gasteiger partial charge is 0.317 e. The van der Waals surface area contributed by atoms with Crippen molar-refractivity contribution < 1.29 is 0 Å². The van der Waals surface area contributed by atoms with Crippen molar-refractivity contribution in [3.63, 3.8) is 0 Å². The lowest BCUT2D eigenvalue weighted by atomic mass is 9.96. The molecule has 2 nitrogen and oxygen atoms in total. The van der Waals surface area contributed by atoms with Crippen LogP contribution >= 0.6 is 11.8 Å². The molecule has 0 aliphatic carbocycles. The zero-order valence-corrected chi connectivity index (χ0v) is 12.3. The zero-order chi connectivity index (χ0) is 12.1. The molecule has 0 radical (unpaired) electrons. The average Bonchev–Trinajstić information content (AvgIpc) is 2.76. The first-order valence-electron chi connectivity index (χ1n) is 7.37. The van der Waals surface area contributed by atoms with Crippen LogP contribution in [0, 0.1) is 5.92 Å². The summed E-state index contributed by atoms with van der Waals surface area (Å²) in [6.45, 7) is 9.87. The quantitative estimate of drug-likeness (QED) is 0.814. The Morgan fingerprint density at radius 1 is 1.24 bits per heavy atom. The Balaban J connectivity index is 1.86. The summed E-state index contributed by atoms with van der Waals surface area (Å²) in [4.78, 5) is 2.81. The number of nitrogens with one attached hydrogen (secondary N) is 1. The molecule has 2 unspecified atom stereocenters. The van der Waals surface area contributed by atoms with Crippen LogP contribution in [-0.2, 0) is 0 Å². The highest BCUT2D eigenvalue weighted by atomic mass is 32.2. The van der Waals surface area contributed by atoms with E-state index >= 15 is 0 Å². The van der Waals surface area contributed by atoms with Gasteiger partial charge in [0.2, 0.25) is 0 Å². The van der Waals surface area contributed by atoms with Gasteiger partial charge in [-0.25, -0.2) is 0 Å². The predicted octanol–water partition coefficient (Wildman–Crippen LogP) is 2.59. The smallest absolute Gasteiger partial charge is 0.0219 e. The lowest BCUT2D eigenvalue weighted by molar-refractivity contribution is 0.152. The van der Waals surface area contributed by atoms with E-state index in [0.717, 1.165) is 17.2 Å². The predicted molar refractivity (Wildman–Crippen MR) is 77.8 cm³/mol. The summed E-state index contributed by atoms with van der Waals surface area (Å²) in [7, 11) is 0. The van der Waals surface area contributed by atoms with Crippen LogP contribution in [0.2, 0.25) is 0 Å². The van der Waals surface area contributed by atoms with Gasteiger partial charge >= 0.3 is 0 Å². The van der Waals surface area contributed by atoms with Crippen molar-refractivity contribution in [2.24, 2.45) is 5.92 Å². The van der Waals surface area contributed by atoms with Gasteiger partial charge in [-0.3, -0.25) is 4.90 Å². The Kier molecular flexibility index (Phi) is 5.64. The molecule has 0 aromatic heterocycles. The second-order valence-corrected chi connectivity index (χ2v) is 7.11. The Morgan fingerprint density at radius 2 is 2.00 bits per heavy atom. The van der Waals surface area contributed by atoms with Gasteiger partial charge in [0.1, 0.15) is 0 Å². The van der Waals surface area contributed by atoms with Gasteiger partial charge in [-0.05, 0) is 57.0 Å². The van der Waals surface area contributed by atoms with Crippen molar-refractivity contribution in [1.82, 2.24) is 10.2 Å². The fourth-order valence-electron chi connectivity index (χ4n) is 3.28. The monoisotopic (exact) mass is 256 g/mol. The first kappa shape index (κ1) is 13.7. The van der Waals surface area contributed by atoms with Gasteiger partial charge in [0.25, 0.3) is 0 Å². The van der Waals surface area contributed by atoms with Crippen LogP contribution in [0.3, 0.4) is 0 Å². The molecular weight excluding hydrogens is 228 g/mol. The summed E-state index contributed by atoms with van der Waals surface area (Å²) < 4.78 is 0. The summed E-state index contributed by atoms with van der Waals surface area (Å²) in [6, 6.07) is 0.856. The highest BCUT2D eigenvalue weighted by Gasteiger charge is 2.30. The molecule has 1 N–H and O–H groups in total. The van der Waals surface area contributed by atoms with Crippen molar-refractivity contribution >= 4 is 11.8 Å².